The maximum absolute atomic E-state index is 12.1. The van der Waals surface area contributed by atoms with E-state index in [1.165, 1.54) is 6.92 Å². The molecule has 3 rings (SSSR count). The number of ether oxygens (including phenoxy) is 1. The highest BCUT2D eigenvalue weighted by atomic mass is 16.5. The van der Waals surface area contributed by atoms with Crippen LogP contribution in [0.15, 0.2) is 39.5 Å². The van der Waals surface area contributed by atoms with Gasteiger partial charge in [-0.25, -0.2) is 4.79 Å². The number of esters is 1. The van der Waals surface area contributed by atoms with Gasteiger partial charge in [0.1, 0.15) is 6.54 Å². The second kappa shape index (κ2) is 7.99. The number of nitrogens with one attached hydrogen (secondary N) is 1. The van der Waals surface area contributed by atoms with E-state index in [4.69, 9.17) is 9.15 Å². The van der Waals surface area contributed by atoms with Crippen molar-refractivity contribution in [3.05, 3.63) is 40.9 Å². The van der Waals surface area contributed by atoms with Crippen LogP contribution >= 0.6 is 0 Å². The van der Waals surface area contributed by atoms with Crippen molar-refractivity contribution in [1.82, 2.24) is 15.1 Å². The van der Waals surface area contributed by atoms with Crippen LogP contribution < -0.4 is 11.1 Å². The van der Waals surface area contributed by atoms with Crippen LogP contribution in [0.1, 0.15) is 32.6 Å². The topological polar surface area (TPSA) is 103 Å². The van der Waals surface area contributed by atoms with Gasteiger partial charge in [0.25, 0.3) is 5.91 Å². The van der Waals surface area contributed by atoms with Crippen LogP contribution in [0.25, 0.3) is 11.5 Å². The van der Waals surface area contributed by atoms with Gasteiger partial charge in [0, 0.05) is 11.6 Å². The van der Waals surface area contributed by atoms with Crippen molar-refractivity contribution in [2.24, 2.45) is 0 Å². The van der Waals surface area contributed by atoms with Crippen molar-refractivity contribution in [2.75, 3.05) is 0 Å². The molecule has 1 amide bonds. The third-order valence-corrected chi connectivity index (χ3v) is 4.28. The van der Waals surface area contributed by atoms with Gasteiger partial charge in [-0.05, 0) is 31.9 Å². The van der Waals surface area contributed by atoms with Crippen LogP contribution in [0.5, 0.6) is 0 Å². The molecule has 1 heterocycles. The molecular formula is C18H21N3O5. The Morgan fingerprint density at radius 1 is 1.31 bits per heavy atom. The summed E-state index contributed by atoms with van der Waals surface area (Å²) in [6.45, 7) is 1.08. The summed E-state index contributed by atoms with van der Waals surface area (Å²) in [5.74, 6) is -1.70. The SMILES string of the molecule is C[C@H](OC(=O)Cn1nc(-c2ccccc2)oc1=O)C(=O)NC1CCCC1. The molecule has 0 aliphatic heterocycles. The van der Waals surface area contributed by atoms with Gasteiger partial charge < -0.3 is 14.5 Å². The zero-order valence-electron chi connectivity index (χ0n) is 14.5. The molecule has 1 aromatic carbocycles. The van der Waals surface area contributed by atoms with Crippen molar-refractivity contribution in [3.63, 3.8) is 0 Å². The van der Waals surface area contributed by atoms with Crippen molar-refractivity contribution in [2.45, 2.75) is 51.3 Å². The Morgan fingerprint density at radius 2 is 2.00 bits per heavy atom. The average Bonchev–Trinajstić information content (AvgIpc) is 3.26. The summed E-state index contributed by atoms with van der Waals surface area (Å²) < 4.78 is 11.0. The molecule has 1 fully saturated rings. The second-order valence-electron chi connectivity index (χ2n) is 6.32. The molecule has 1 aliphatic rings. The van der Waals surface area contributed by atoms with Crippen LogP contribution in [0, 0.1) is 0 Å². The molecule has 1 aliphatic carbocycles. The molecule has 0 bridgehead atoms. The van der Waals surface area contributed by atoms with Crippen molar-refractivity contribution >= 4 is 11.9 Å². The lowest BCUT2D eigenvalue weighted by Crippen LogP contribution is -2.41. The Bertz CT molecular complexity index is 821. The Morgan fingerprint density at radius 3 is 2.69 bits per heavy atom. The van der Waals surface area contributed by atoms with Crippen molar-refractivity contribution in [1.29, 1.82) is 0 Å². The van der Waals surface area contributed by atoms with Crippen LogP contribution in [0.2, 0.25) is 0 Å². The van der Waals surface area contributed by atoms with E-state index >= 15 is 0 Å². The predicted molar refractivity (Wildman–Crippen MR) is 92.2 cm³/mol. The normalized spacial score (nSPS) is 15.6. The number of nitrogens with zero attached hydrogens (tertiary/aromatic N) is 2. The molecule has 138 valence electrons. The number of aromatic nitrogens is 2. The van der Waals surface area contributed by atoms with Gasteiger partial charge in [-0.2, -0.15) is 4.68 Å². The summed E-state index contributed by atoms with van der Waals surface area (Å²) >= 11 is 0. The first-order valence-electron chi connectivity index (χ1n) is 8.66. The first-order chi connectivity index (χ1) is 12.5. The lowest BCUT2D eigenvalue weighted by atomic mass is 10.2. The van der Waals surface area contributed by atoms with E-state index in [1.807, 2.05) is 6.07 Å². The van der Waals surface area contributed by atoms with Crippen LogP contribution in [-0.2, 0) is 20.9 Å². The number of hydrogen-bond acceptors (Lipinski definition) is 6. The first-order valence-corrected chi connectivity index (χ1v) is 8.66. The van der Waals surface area contributed by atoms with Crippen LogP contribution in [0.4, 0.5) is 0 Å². The summed E-state index contributed by atoms with van der Waals surface area (Å²) in [7, 11) is 0. The van der Waals surface area contributed by atoms with Gasteiger partial charge in [-0.3, -0.25) is 9.59 Å². The number of benzene rings is 1. The summed E-state index contributed by atoms with van der Waals surface area (Å²) in [4.78, 5) is 35.9. The molecule has 1 saturated carbocycles. The van der Waals surface area contributed by atoms with Gasteiger partial charge >= 0.3 is 11.7 Å². The standard InChI is InChI=1S/C18H21N3O5/c1-12(16(23)19-14-9-5-6-10-14)25-15(22)11-21-18(24)26-17(20-21)13-7-3-2-4-8-13/h2-4,7-8,12,14H,5-6,9-11H2,1H3,(H,19,23)/t12-/m0/s1. The minimum Gasteiger partial charge on any atom is -0.451 e. The number of carbonyl (C=O) groups excluding carboxylic acids is 2. The second-order valence-corrected chi connectivity index (χ2v) is 6.32. The molecule has 8 heteroatoms. The summed E-state index contributed by atoms with van der Waals surface area (Å²) in [6, 6.07) is 9.02. The molecule has 26 heavy (non-hydrogen) atoms. The highest BCUT2D eigenvalue weighted by Gasteiger charge is 2.23. The fraction of sp³-hybridized carbons (Fsp3) is 0.444. The van der Waals surface area contributed by atoms with Crippen molar-refractivity contribution in [3.8, 4) is 11.5 Å². The maximum Gasteiger partial charge on any atom is 0.437 e. The summed E-state index contributed by atoms with van der Waals surface area (Å²) in [5.41, 5.74) is 0.626. The van der Waals surface area contributed by atoms with Gasteiger partial charge in [-0.15, -0.1) is 5.10 Å². The zero-order chi connectivity index (χ0) is 18.5. The van der Waals surface area contributed by atoms with E-state index in [0.717, 1.165) is 30.4 Å². The molecular weight excluding hydrogens is 338 g/mol. The van der Waals surface area contributed by atoms with E-state index in [-0.39, 0.29) is 17.8 Å². The highest BCUT2D eigenvalue weighted by molar-refractivity contribution is 5.83. The van der Waals surface area contributed by atoms with E-state index in [0.29, 0.717) is 5.56 Å². The van der Waals surface area contributed by atoms with Gasteiger partial charge in [0.05, 0.1) is 0 Å². The predicted octanol–water partition coefficient (Wildman–Crippen LogP) is 1.49. The summed E-state index contributed by atoms with van der Waals surface area (Å²) in [5, 5.41) is 6.86. The minimum absolute atomic E-state index is 0.121. The summed E-state index contributed by atoms with van der Waals surface area (Å²) in [6.07, 6.45) is 3.15. The molecule has 0 saturated heterocycles. The Balaban J connectivity index is 1.57. The molecule has 0 unspecified atom stereocenters. The fourth-order valence-corrected chi connectivity index (χ4v) is 2.90. The lowest BCUT2D eigenvalue weighted by molar-refractivity contribution is -0.155. The van der Waals surface area contributed by atoms with Gasteiger partial charge in [-0.1, -0.05) is 31.0 Å². The van der Waals surface area contributed by atoms with E-state index in [9.17, 15) is 14.4 Å². The first kappa shape index (κ1) is 17.9. The Labute approximate surface area is 150 Å². The number of hydrogen-bond donors (Lipinski definition) is 1. The highest BCUT2D eigenvalue weighted by Crippen LogP contribution is 2.18. The smallest absolute Gasteiger partial charge is 0.437 e. The van der Waals surface area contributed by atoms with E-state index < -0.39 is 24.4 Å². The third kappa shape index (κ3) is 4.38. The Kier molecular flexibility index (Phi) is 5.50. The molecule has 0 spiro atoms. The van der Waals surface area contributed by atoms with Crippen LogP contribution in [-0.4, -0.2) is 33.8 Å². The molecule has 1 aromatic heterocycles. The number of rotatable bonds is 6. The average molecular weight is 359 g/mol. The van der Waals surface area contributed by atoms with Crippen LogP contribution in [0.3, 0.4) is 0 Å². The third-order valence-electron chi connectivity index (χ3n) is 4.28. The molecule has 1 N–H and O–H groups in total. The Hall–Kier alpha value is -2.90. The lowest BCUT2D eigenvalue weighted by Gasteiger charge is -2.16. The molecule has 0 radical (unpaired) electrons. The van der Waals surface area contributed by atoms with Crippen molar-refractivity contribution < 1.29 is 18.7 Å². The quantitative estimate of drug-likeness (QED) is 0.784. The molecule has 8 nitrogen and oxygen atoms in total. The van der Waals surface area contributed by atoms with E-state index in [2.05, 4.69) is 10.4 Å². The number of carbonyl (C=O) groups is 2. The molecule has 2 aromatic rings. The largest absolute Gasteiger partial charge is 0.451 e. The minimum atomic E-state index is -0.931. The van der Waals surface area contributed by atoms with Gasteiger partial charge in [0.2, 0.25) is 5.89 Å². The monoisotopic (exact) mass is 359 g/mol. The zero-order valence-corrected chi connectivity index (χ0v) is 14.5. The van der Waals surface area contributed by atoms with E-state index in [1.54, 1.807) is 24.3 Å². The van der Waals surface area contributed by atoms with Gasteiger partial charge in [0.15, 0.2) is 6.10 Å². The maximum atomic E-state index is 12.1. The molecule has 1 atom stereocenters. The number of amides is 1. The fourth-order valence-electron chi connectivity index (χ4n) is 2.90.